The van der Waals surface area contributed by atoms with Gasteiger partial charge in [0.1, 0.15) is 5.75 Å². The number of nitrogens with zero attached hydrogens (tertiary/aromatic N) is 2. The molecule has 21 heavy (non-hydrogen) atoms. The number of hydrogen-bond donors (Lipinski definition) is 0. The van der Waals surface area contributed by atoms with Crippen LogP contribution in [0.4, 0.5) is 0 Å². The van der Waals surface area contributed by atoms with Crippen molar-refractivity contribution in [1.82, 2.24) is 10.1 Å². The maximum absolute atomic E-state index is 5.36. The third-order valence-electron chi connectivity index (χ3n) is 3.36. The Kier molecular flexibility index (Phi) is 3.69. The van der Waals surface area contributed by atoms with E-state index in [4.69, 9.17) is 9.26 Å². The minimum atomic E-state index is 0.566. The maximum atomic E-state index is 5.36. The SMILES string of the molecule is COc1ccc(Cc2noc(-c3ccccc3C)n2)cc1. The van der Waals surface area contributed by atoms with Crippen molar-refractivity contribution in [3.05, 3.63) is 65.5 Å². The van der Waals surface area contributed by atoms with Crippen LogP contribution < -0.4 is 4.74 Å². The van der Waals surface area contributed by atoms with Crippen LogP contribution in [0.2, 0.25) is 0 Å². The number of hydrogen-bond acceptors (Lipinski definition) is 4. The largest absolute Gasteiger partial charge is 0.497 e. The van der Waals surface area contributed by atoms with Crippen LogP contribution in [0.3, 0.4) is 0 Å². The van der Waals surface area contributed by atoms with Crippen LogP contribution in [0.25, 0.3) is 11.5 Å². The maximum Gasteiger partial charge on any atom is 0.258 e. The molecule has 0 radical (unpaired) electrons. The van der Waals surface area contributed by atoms with Crippen molar-refractivity contribution >= 4 is 0 Å². The summed E-state index contributed by atoms with van der Waals surface area (Å²) in [5.74, 6) is 2.09. The van der Waals surface area contributed by atoms with Crippen molar-refractivity contribution in [2.24, 2.45) is 0 Å². The Bertz CT molecular complexity index is 733. The third kappa shape index (κ3) is 2.94. The van der Waals surface area contributed by atoms with Gasteiger partial charge in [-0.2, -0.15) is 4.98 Å². The van der Waals surface area contributed by atoms with Crippen LogP contribution in [0, 0.1) is 6.92 Å². The van der Waals surface area contributed by atoms with Crippen LogP contribution in [0.1, 0.15) is 17.0 Å². The van der Waals surface area contributed by atoms with Gasteiger partial charge in [-0.25, -0.2) is 0 Å². The first kappa shape index (κ1) is 13.4. The molecule has 1 heterocycles. The summed E-state index contributed by atoms with van der Waals surface area (Å²) in [5, 5.41) is 4.05. The van der Waals surface area contributed by atoms with Crippen LogP contribution >= 0.6 is 0 Å². The van der Waals surface area contributed by atoms with Crippen molar-refractivity contribution in [3.8, 4) is 17.2 Å². The lowest BCUT2D eigenvalue weighted by Gasteiger charge is -2.00. The second-order valence-corrected chi connectivity index (χ2v) is 4.86. The lowest BCUT2D eigenvalue weighted by atomic mass is 10.1. The molecule has 0 aliphatic heterocycles. The van der Waals surface area contributed by atoms with Gasteiger partial charge < -0.3 is 9.26 Å². The monoisotopic (exact) mass is 280 g/mol. The second-order valence-electron chi connectivity index (χ2n) is 4.86. The lowest BCUT2D eigenvalue weighted by Crippen LogP contribution is -1.91. The molecule has 0 saturated carbocycles. The molecule has 4 heteroatoms. The van der Waals surface area contributed by atoms with E-state index in [2.05, 4.69) is 10.1 Å². The Morgan fingerprint density at radius 2 is 1.81 bits per heavy atom. The number of benzene rings is 2. The van der Waals surface area contributed by atoms with Gasteiger partial charge in [0.05, 0.1) is 7.11 Å². The van der Waals surface area contributed by atoms with E-state index >= 15 is 0 Å². The summed E-state index contributed by atoms with van der Waals surface area (Å²) in [6.45, 7) is 2.03. The molecule has 3 rings (SSSR count). The summed E-state index contributed by atoms with van der Waals surface area (Å²) in [4.78, 5) is 4.47. The minimum Gasteiger partial charge on any atom is -0.497 e. The van der Waals surface area contributed by atoms with E-state index in [1.54, 1.807) is 7.11 Å². The number of aryl methyl sites for hydroxylation is 1. The van der Waals surface area contributed by atoms with Gasteiger partial charge in [-0.05, 0) is 36.2 Å². The number of methoxy groups -OCH3 is 1. The fourth-order valence-electron chi connectivity index (χ4n) is 2.17. The van der Waals surface area contributed by atoms with Gasteiger partial charge in [0, 0.05) is 12.0 Å². The van der Waals surface area contributed by atoms with E-state index in [0.29, 0.717) is 18.1 Å². The molecule has 0 aliphatic rings. The van der Waals surface area contributed by atoms with E-state index < -0.39 is 0 Å². The number of aromatic nitrogens is 2. The predicted molar refractivity (Wildman–Crippen MR) is 80.3 cm³/mol. The zero-order chi connectivity index (χ0) is 14.7. The van der Waals surface area contributed by atoms with Gasteiger partial charge in [0.2, 0.25) is 0 Å². The topological polar surface area (TPSA) is 48.2 Å². The van der Waals surface area contributed by atoms with Gasteiger partial charge in [0.15, 0.2) is 5.82 Å². The number of rotatable bonds is 4. The average Bonchev–Trinajstić information content (AvgIpc) is 2.97. The van der Waals surface area contributed by atoms with E-state index in [1.165, 1.54) is 0 Å². The zero-order valence-electron chi connectivity index (χ0n) is 12.0. The Morgan fingerprint density at radius 3 is 2.52 bits per heavy atom. The van der Waals surface area contributed by atoms with Crippen LogP contribution in [-0.4, -0.2) is 17.3 Å². The summed E-state index contributed by atoms with van der Waals surface area (Å²) < 4.78 is 10.5. The Hall–Kier alpha value is -2.62. The smallest absolute Gasteiger partial charge is 0.258 e. The first-order valence-corrected chi connectivity index (χ1v) is 6.78. The molecule has 106 valence electrons. The molecular formula is C17H16N2O2. The standard InChI is InChI=1S/C17H16N2O2/c1-12-5-3-4-6-15(12)17-18-16(19-21-17)11-13-7-9-14(20-2)10-8-13/h3-10H,11H2,1-2H3. The summed E-state index contributed by atoms with van der Waals surface area (Å²) in [6, 6.07) is 15.8. The van der Waals surface area contributed by atoms with Gasteiger partial charge in [-0.15, -0.1) is 0 Å². The zero-order valence-corrected chi connectivity index (χ0v) is 12.0. The fourth-order valence-corrected chi connectivity index (χ4v) is 2.17. The molecule has 0 spiro atoms. The van der Waals surface area contributed by atoms with Gasteiger partial charge in [0.25, 0.3) is 5.89 Å². The summed E-state index contributed by atoms with van der Waals surface area (Å²) in [5.41, 5.74) is 3.22. The number of ether oxygens (including phenoxy) is 1. The summed E-state index contributed by atoms with van der Waals surface area (Å²) in [7, 11) is 1.66. The van der Waals surface area contributed by atoms with E-state index in [-0.39, 0.29) is 0 Å². The van der Waals surface area contributed by atoms with Gasteiger partial charge in [-0.1, -0.05) is 35.5 Å². The Balaban J connectivity index is 1.80. The molecule has 0 amide bonds. The molecule has 2 aromatic carbocycles. The highest BCUT2D eigenvalue weighted by atomic mass is 16.5. The quantitative estimate of drug-likeness (QED) is 0.732. The van der Waals surface area contributed by atoms with Crippen molar-refractivity contribution in [2.45, 2.75) is 13.3 Å². The molecule has 3 aromatic rings. The molecule has 0 N–H and O–H groups in total. The summed E-state index contributed by atoms with van der Waals surface area (Å²) >= 11 is 0. The highest BCUT2D eigenvalue weighted by Gasteiger charge is 2.11. The van der Waals surface area contributed by atoms with E-state index in [9.17, 15) is 0 Å². The Morgan fingerprint density at radius 1 is 1.05 bits per heavy atom. The van der Waals surface area contributed by atoms with Crippen molar-refractivity contribution in [1.29, 1.82) is 0 Å². The molecule has 0 atom stereocenters. The van der Waals surface area contributed by atoms with Crippen molar-refractivity contribution in [2.75, 3.05) is 7.11 Å². The van der Waals surface area contributed by atoms with Crippen LogP contribution in [0.15, 0.2) is 53.1 Å². The highest BCUT2D eigenvalue weighted by Crippen LogP contribution is 2.22. The highest BCUT2D eigenvalue weighted by molar-refractivity contribution is 5.57. The summed E-state index contributed by atoms with van der Waals surface area (Å²) in [6.07, 6.45) is 0.638. The van der Waals surface area contributed by atoms with E-state index in [1.807, 2.05) is 55.5 Å². The molecule has 0 bridgehead atoms. The third-order valence-corrected chi connectivity index (χ3v) is 3.36. The molecular weight excluding hydrogens is 264 g/mol. The Labute approximate surface area is 123 Å². The normalized spacial score (nSPS) is 10.6. The molecule has 0 fully saturated rings. The second kappa shape index (κ2) is 5.79. The first-order valence-electron chi connectivity index (χ1n) is 6.78. The fraction of sp³-hybridized carbons (Fsp3) is 0.176. The van der Waals surface area contributed by atoms with Gasteiger partial charge in [-0.3, -0.25) is 0 Å². The molecule has 0 unspecified atom stereocenters. The predicted octanol–water partition coefficient (Wildman–Crippen LogP) is 3.64. The first-order chi connectivity index (χ1) is 10.3. The molecule has 1 aromatic heterocycles. The van der Waals surface area contributed by atoms with Gasteiger partial charge >= 0.3 is 0 Å². The van der Waals surface area contributed by atoms with E-state index in [0.717, 1.165) is 22.4 Å². The minimum absolute atomic E-state index is 0.566. The van der Waals surface area contributed by atoms with Crippen molar-refractivity contribution < 1.29 is 9.26 Å². The lowest BCUT2D eigenvalue weighted by molar-refractivity contribution is 0.414. The molecule has 4 nitrogen and oxygen atoms in total. The van der Waals surface area contributed by atoms with Crippen LogP contribution in [-0.2, 0) is 6.42 Å². The van der Waals surface area contributed by atoms with Crippen LogP contribution in [0.5, 0.6) is 5.75 Å². The molecule has 0 saturated heterocycles. The van der Waals surface area contributed by atoms with Crippen molar-refractivity contribution in [3.63, 3.8) is 0 Å². The average molecular weight is 280 g/mol. The molecule has 0 aliphatic carbocycles.